The number of aromatic nitrogens is 5. The van der Waals surface area contributed by atoms with Gasteiger partial charge >= 0.3 is 0 Å². The molecule has 20 heavy (non-hydrogen) atoms. The summed E-state index contributed by atoms with van der Waals surface area (Å²) in [5.74, 6) is 0.00750. The molecule has 0 unspecified atom stereocenters. The van der Waals surface area contributed by atoms with Crippen molar-refractivity contribution in [1.82, 2.24) is 24.9 Å². The van der Waals surface area contributed by atoms with Crippen LogP contribution in [0, 0.1) is 6.92 Å². The number of H-pyrrole nitrogens is 1. The second kappa shape index (κ2) is 5.74. The van der Waals surface area contributed by atoms with E-state index in [9.17, 15) is 4.79 Å². The third-order valence-electron chi connectivity index (χ3n) is 2.52. The minimum Gasteiger partial charge on any atom is -0.382 e. The first-order valence-corrected chi connectivity index (χ1v) is 5.70. The van der Waals surface area contributed by atoms with Gasteiger partial charge in [-0.05, 0) is 19.1 Å². The number of hydrogen-bond donors (Lipinski definition) is 3. The number of carbonyl (C=O) groups is 1. The summed E-state index contributed by atoms with van der Waals surface area (Å²) in [5.41, 5.74) is 13.0. The van der Waals surface area contributed by atoms with Crippen LogP contribution in [0.1, 0.15) is 16.1 Å². The van der Waals surface area contributed by atoms with E-state index in [1.807, 2.05) is 0 Å². The first-order valence-electron chi connectivity index (χ1n) is 5.70. The molecule has 0 saturated carbocycles. The summed E-state index contributed by atoms with van der Waals surface area (Å²) < 4.78 is 0. The first-order chi connectivity index (χ1) is 9.59. The van der Waals surface area contributed by atoms with Gasteiger partial charge in [-0.25, -0.2) is 15.0 Å². The molecule has 0 aromatic carbocycles. The number of pyridine rings is 1. The molecule has 8 heteroatoms. The van der Waals surface area contributed by atoms with Crippen molar-refractivity contribution in [3.63, 3.8) is 0 Å². The fourth-order valence-corrected chi connectivity index (χ4v) is 1.53. The number of nitrogens with two attached hydrogens (primary N) is 2. The maximum absolute atomic E-state index is 10.6. The Hall–Kier alpha value is -3.03. The van der Waals surface area contributed by atoms with E-state index in [0.29, 0.717) is 28.2 Å². The highest BCUT2D eigenvalue weighted by atomic mass is 16.1. The molecule has 3 aromatic rings. The lowest BCUT2D eigenvalue weighted by Gasteiger charge is -1.96. The predicted molar refractivity (Wildman–Crippen MR) is 73.6 cm³/mol. The van der Waals surface area contributed by atoms with Gasteiger partial charge in [-0.15, -0.1) is 0 Å². The van der Waals surface area contributed by atoms with Gasteiger partial charge in [-0.3, -0.25) is 9.78 Å². The monoisotopic (exact) mass is 271 g/mol. The van der Waals surface area contributed by atoms with E-state index in [1.165, 1.54) is 12.7 Å². The van der Waals surface area contributed by atoms with Crippen molar-refractivity contribution in [2.24, 2.45) is 5.73 Å². The highest BCUT2D eigenvalue weighted by Gasteiger charge is 2.02. The highest BCUT2D eigenvalue weighted by molar-refractivity contribution is 5.93. The third-order valence-corrected chi connectivity index (χ3v) is 2.52. The van der Waals surface area contributed by atoms with Crippen LogP contribution in [-0.2, 0) is 0 Å². The molecule has 3 heterocycles. The van der Waals surface area contributed by atoms with E-state index < -0.39 is 5.91 Å². The lowest BCUT2D eigenvalue weighted by Crippen LogP contribution is -2.12. The topological polar surface area (TPSA) is 136 Å². The second-order valence-electron chi connectivity index (χ2n) is 3.86. The van der Waals surface area contributed by atoms with Crippen LogP contribution < -0.4 is 11.5 Å². The van der Waals surface area contributed by atoms with E-state index in [0.717, 1.165) is 0 Å². The predicted octanol–water partition coefficient (Wildman–Crippen LogP) is 0.424. The first kappa shape index (κ1) is 13.4. The lowest BCUT2D eigenvalue weighted by atomic mass is 10.2. The number of carbonyl (C=O) groups excluding carboxylic acids is 1. The van der Waals surface area contributed by atoms with Gasteiger partial charge in [-0.2, -0.15) is 0 Å². The molecule has 102 valence electrons. The number of rotatable bonds is 1. The molecule has 0 saturated heterocycles. The van der Waals surface area contributed by atoms with E-state index >= 15 is 0 Å². The number of aromatic amines is 1. The normalized spacial score (nSPS) is 9.85. The van der Waals surface area contributed by atoms with Gasteiger partial charge in [0.1, 0.15) is 11.8 Å². The van der Waals surface area contributed by atoms with Gasteiger partial charge in [-0.1, -0.05) is 0 Å². The Labute approximate surface area is 114 Å². The zero-order valence-corrected chi connectivity index (χ0v) is 10.7. The van der Waals surface area contributed by atoms with Crippen LogP contribution in [0.25, 0.3) is 11.2 Å². The van der Waals surface area contributed by atoms with E-state index in [-0.39, 0.29) is 0 Å². The van der Waals surface area contributed by atoms with Crippen molar-refractivity contribution < 1.29 is 4.79 Å². The molecule has 0 aliphatic carbocycles. The minimum atomic E-state index is -0.425. The van der Waals surface area contributed by atoms with Gasteiger partial charge in [0.15, 0.2) is 11.5 Å². The lowest BCUT2D eigenvalue weighted by molar-refractivity contribution is 0.0999. The minimum absolute atomic E-state index is 0.425. The summed E-state index contributed by atoms with van der Waals surface area (Å²) in [4.78, 5) is 28.9. The van der Waals surface area contributed by atoms with Crippen LogP contribution in [0.15, 0.2) is 31.0 Å². The molecule has 3 rings (SSSR count). The number of aryl methyl sites for hydroxylation is 1. The van der Waals surface area contributed by atoms with E-state index in [4.69, 9.17) is 11.5 Å². The average molecular weight is 271 g/mol. The average Bonchev–Trinajstić information content (AvgIpc) is 2.89. The van der Waals surface area contributed by atoms with Crippen molar-refractivity contribution in [3.05, 3.63) is 42.2 Å². The maximum atomic E-state index is 10.6. The Kier molecular flexibility index (Phi) is 3.85. The molecule has 8 nitrogen and oxygen atoms in total. The molecule has 3 aromatic heterocycles. The van der Waals surface area contributed by atoms with Crippen LogP contribution >= 0.6 is 0 Å². The molecule has 0 spiro atoms. The molecule has 0 atom stereocenters. The quantitative estimate of drug-likeness (QED) is 0.586. The van der Waals surface area contributed by atoms with Crippen LogP contribution in [0.2, 0.25) is 0 Å². The van der Waals surface area contributed by atoms with E-state index in [2.05, 4.69) is 24.9 Å². The smallest absolute Gasteiger partial charge is 0.250 e. The van der Waals surface area contributed by atoms with Gasteiger partial charge in [0.2, 0.25) is 0 Å². The number of anilines is 1. The second-order valence-corrected chi connectivity index (χ2v) is 3.86. The Balaban J connectivity index is 0.000000147. The number of nitrogen functional groups attached to an aromatic ring is 1. The Morgan fingerprint density at radius 2 is 2.05 bits per heavy atom. The fourth-order valence-electron chi connectivity index (χ4n) is 1.53. The number of fused-ring (bicyclic) bond motifs is 1. The molecule has 0 aliphatic rings. The number of imidazole rings is 1. The molecule has 0 aliphatic heterocycles. The van der Waals surface area contributed by atoms with Crippen LogP contribution in [0.4, 0.5) is 5.82 Å². The van der Waals surface area contributed by atoms with Crippen molar-refractivity contribution in [3.8, 4) is 0 Å². The Bertz CT molecular complexity index is 737. The highest BCUT2D eigenvalue weighted by Crippen LogP contribution is 2.09. The number of primary amides is 1. The molecular weight excluding hydrogens is 258 g/mol. The summed E-state index contributed by atoms with van der Waals surface area (Å²) in [5, 5.41) is 0. The fraction of sp³-hybridized carbons (Fsp3) is 0.0833. The van der Waals surface area contributed by atoms with Crippen LogP contribution in [0.3, 0.4) is 0 Å². The molecule has 5 N–H and O–H groups in total. The third kappa shape index (κ3) is 2.86. The SMILES string of the molecule is Cc1ncccc1C(N)=O.Nc1ncnc2nc[nH]c12. The Morgan fingerprint density at radius 1 is 1.25 bits per heavy atom. The molecule has 0 radical (unpaired) electrons. The van der Waals surface area contributed by atoms with E-state index in [1.54, 1.807) is 25.3 Å². The molecule has 0 fully saturated rings. The van der Waals surface area contributed by atoms with Crippen molar-refractivity contribution in [2.45, 2.75) is 6.92 Å². The zero-order valence-electron chi connectivity index (χ0n) is 10.7. The summed E-state index contributed by atoms with van der Waals surface area (Å²) >= 11 is 0. The van der Waals surface area contributed by atoms with Gasteiger partial charge in [0, 0.05) is 11.9 Å². The molecular formula is C12H13N7O. The van der Waals surface area contributed by atoms with Crippen molar-refractivity contribution in [2.75, 3.05) is 5.73 Å². The van der Waals surface area contributed by atoms with Crippen molar-refractivity contribution in [1.29, 1.82) is 0 Å². The van der Waals surface area contributed by atoms with Gasteiger partial charge < -0.3 is 16.5 Å². The summed E-state index contributed by atoms with van der Waals surface area (Å²) in [6.07, 6.45) is 4.55. The Morgan fingerprint density at radius 3 is 2.65 bits per heavy atom. The standard InChI is InChI=1S/C7H8N2O.C5H5N5/c1-5-6(7(8)10)3-2-4-9-5;6-4-3-5(9-1-7-3)10-2-8-4/h2-4H,1H3,(H2,8,10);1-2H,(H3,6,7,8,9,10). The van der Waals surface area contributed by atoms with Gasteiger partial charge in [0.05, 0.1) is 11.9 Å². The molecule has 1 amide bonds. The number of nitrogens with one attached hydrogen (secondary N) is 1. The summed E-state index contributed by atoms with van der Waals surface area (Å²) in [6, 6.07) is 3.34. The largest absolute Gasteiger partial charge is 0.382 e. The number of nitrogens with zero attached hydrogens (tertiary/aromatic N) is 4. The number of hydrogen-bond acceptors (Lipinski definition) is 6. The maximum Gasteiger partial charge on any atom is 0.250 e. The zero-order chi connectivity index (χ0) is 14.5. The molecule has 0 bridgehead atoms. The van der Waals surface area contributed by atoms with Crippen LogP contribution in [0.5, 0.6) is 0 Å². The number of amides is 1. The van der Waals surface area contributed by atoms with Crippen LogP contribution in [-0.4, -0.2) is 30.8 Å². The summed E-state index contributed by atoms with van der Waals surface area (Å²) in [6.45, 7) is 1.75. The van der Waals surface area contributed by atoms with Gasteiger partial charge in [0.25, 0.3) is 5.91 Å². The van der Waals surface area contributed by atoms with Crippen molar-refractivity contribution >= 4 is 22.9 Å². The summed E-state index contributed by atoms with van der Waals surface area (Å²) in [7, 11) is 0.